The van der Waals surface area contributed by atoms with E-state index in [2.05, 4.69) is 22.3 Å². The summed E-state index contributed by atoms with van der Waals surface area (Å²) in [4.78, 5) is 15.1. The van der Waals surface area contributed by atoms with E-state index in [1.807, 2.05) is 24.0 Å². The molecule has 6 heteroatoms. The Morgan fingerprint density at radius 2 is 2.00 bits per heavy atom. The number of fused-ring (bicyclic) bond motifs is 1. The number of carbonyl (C=O) groups excluding carboxylic acids is 1. The molecule has 0 bridgehead atoms. The third kappa shape index (κ3) is 2.92. The second-order valence-electron chi connectivity index (χ2n) is 6.57. The molecule has 1 aromatic carbocycles. The van der Waals surface area contributed by atoms with Crippen molar-refractivity contribution in [2.45, 2.75) is 45.7 Å². The molecule has 3 heterocycles. The van der Waals surface area contributed by atoms with Crippen molar-refractivity contribution in [2.75, 3.05) is 6.61 Å². The van der Waals surface area contributed by atoms with Crippen LogP contribution in [0.1, 0.15) is 48.7 Å². The molecule has 2 aliphatic rings. The maximum absolute atomic E-state index is 13.3. The maximum Gasteiger partial charge on any atom is 0.254 e. The van der Waals surface area contributed by atoms with E-state index in [1.165, 1.54) is 11.1 Å². The smallest absolute Gasteiger partial charge is 0.254 e. The third-order valence-electron chi connectivity index (χ3n) is 4.91. The molecular formula is C19H21N3O3. The van der Waals surface area contributed by atoms with E-state index in [-0.39, 0.29) is 11.9 Å². The van der Waals surface area contributed by atoms with Crippen LogP contribution in [-0.4, -0.2) is 27.6 Å². The minimum atomic E-state index is -0.245. The van der Waals surface area contributed by atoms with Crippen molar-refractivity contribution in [1.29, 1.82) is 0 Å². The zero-order valence-corrected chi connectivity index (χ0v) is 14.5. The molecule has 2 aliphatic heterocycles. The minimum absolute atomic E-state index is 0.00700. The number of amides is 1. The van der Waals surface area contributed by atoms with Gasteiger partial charge in [0.25, 0.3) is 5.91 Å². The molecule has 0 aliphatic carbocycles. The summed E-state index contributed by atoms with van der Waals surface area (Å²) in [5.41, 5.74) is 3.14. The highest BCUT2D eigenvalue weighted by Crippen LogP contribution is 2.35. The number of rotatable bonds is 2. The number of benzene rings is 1. The molecule has 6 nitrogen and oxygen atoms in total. The van der Waals surface area contributed by atoms with Gasteiger partial charge in [0.05, 0.1) is 12.2 Å². The van der Waals surface area contributed by atoms with Gasteiger partial charge in [0, 0.05) is 19.9 Å². The van der Waals surface area contributed by atoms with Gasteiger partial charge in [0.1, 0.15) is 11.8 Å². The lowest BCUT2D eigenvalue weighted by molar-refractivity contribution is -0.132. The molecular weight excluding hydrogens is 318 g/mol. The monoisotopic (exact) mass is 339 g/mol. The van der Waals surface area contributed by atoms with Crippen LogP contribution in [0.25, 0.3) is 0 Å². The quantitative estimate of drug-likeness (QED) is 0.841. The van der Waals surface area contributed by atoms with Crippen molar-refractivity contribution in [3.05, 3.63) is 58.5 Å². The molecule has 130 valence electrons. The molecule has 1 atom stereocenters. The normalized spacial score (nSPS) is 20.2. The van der Waals surface area contributed by atoms with E-state index in [0.29, 0.717) is 31.4 Å². The molecule has 1 aromatic heterocycles. The Morgan fingerprint density at radius 1 is 1.20 bits per heavy atom. The Bertz CT molecular complexity index is 840. The molecule has 1 amide bonds. The van der Waals surface area contributed by atoms with Crippen molar-refractivity contribution in [1.82, 2.24) is 15.1 Å². The van der Waals surface area contributed by atoms with Gasteiger partial charge in [-0.2, -0.15) is 0 Å². The van der Waals surface area contributed by atoms with Crippen LogP contribution < -0.4 is 0 Å². The van der Waals surface area contributed by atoms with Crippen molar-refractivity contribution in [2.24, 2.45) is 0 Å². The molecule has 4 rings (SSSR count). The fourth-order valence-corrected chi connectivity index (χ4v) is 3.57. The van der Waals surface area contributed by atoms with Gasteiger partial charge in [0.15, 0.2) is 0 Å². The standard InChI is InChI=1S/C19H21N3O3/c1-12-16(8-5-9-24-12)19(23)22-11-15-7-4-3-6-14(15)10-17(22)18-21-20-13(2)25-18/h3-4,6-7,17H,5,8-11H2,1-2H3/t17-/m1/s1. The van der Waals surface area contributed by atoms with Gasteiger partial charge in [-0.15, -0.1) is 10.2 Å². The van der Waals surface area contributed by atoms with Crippen molar-refractivity contribution in [3.8, 4) is 0 Å². The average Bonchev–Trinajstić information content (AvgIpc) is 3.07. The van der Waals surface area contributed by atoms with E-state index < -0.39 is 0 Å². The van der Waals surface area contributed by atoms with Crippen LogP contribution in [0.3, 0.4) is 0 Å². The summed E-state index contributed by atoms with van der Waals surface area (Å²) in [6, 6.07) is 7.96. The van der Waals surface area contributed by atoms with Crippen molar-refractivity contribution >= 4 is 5.91 Å². The topological polar surface area (TPSA) is 68.5 Å². The van der Waals surface area contributed by atoms with Crippen LogP contribution in [0.5, 0.6) is 0 Å². The minimum Gasteiger partial charge on any atom is -0.498 e. The second-order valence-corrected chi connectivity index (χ2v) is 6.57. The average molecular weight is 339 g/mol. The highest BCUT2D eigenvalue weighted by Gasteiger charge is 2.36. The van der Waals surface area contributed by atoms with E-state index >= 15 is 0 Å². The largest absolute Gasteiger partial charge is 0.498 e. The van der Waals surface area contributed by atoms with Gasteiger partial charge in [-0.25, -0.2) is 0 Å². The van der Waals surface area contributed by atoms with Crippen LogP contribution in [0.4, 0.5) is 0 Å². The molecule has 0 fully saturated rings. The summed E-state index contributed by atoms with van der Waals surface area (Å²) in [7, 11) is 0. The highest BCUT2D eigenvalue weighted by atomic mass is 16.5. The molecule has 25 heavy (non-hydrogen) atoms. The molecule has 0 saturated carbocycles. The number of carbonyl (C=O) groups is 1. The number of hydrogen-bond acceptors (Lipinski definition) is 5. The molecule has 0 saturated heterocycles. The number of aromatic nitrogens is 2. The Balaban J connectivity index is 1.73. The number of hydrogen-bond donors (Lipinski definition) is 0. The van der Waals surface area contributed by atoms with Crippen molar-refractivity contribution < 1.29 is 13.9 Å². The number of aryl methyl sites for hydroxylation is 1. The summed E-state index contributed by atoms with van der Waals surface area (Å²) in [5, 5.41) is 8.13. The summed E-state index contributed by atoms with van der Waals surface area (Å²) in [6.45, 7) is 4.85. The second kappa shape index (κ2) is 6.35. The Hall–Kier alpha value is -2.63. The molecule has 0 spiro atoms. The first-order chi connectivity index (χ1) is 12.1. The van der Waals surface area contributed by atoms with Gasteiger partial charge in [0.2, 0.25) is 11.8 Å². The highest BCUT2D eigenvalue weighted by molar-refractivity contribution is 5.94. The lowest BCUT2D eigenvalue weighted by Crippen LogP contribution is -2.40. The van der Waals surface area contributed by atoms with E-state index in [0.717, 1.165) is 24.2 Å². The van der Waals surface area contributed by atoms with Crippen LogP contribution >= 0.6 is 0 Å². The number of nitrogens with zero attached hydrogens (tertiary/aromatic N) is 3. The number of ether oxygens (including phenoxy) is 1. The molecule has 2 aromatic rings. The Kier molecular flexibility index (Phi) is 4.03. The predicted molar refractivity (Wildman–Crippen MR) is 90.4 cm³/mol. The summed E-state index contributed by atoms with van der Waals surface area (Å²) in [6.07, 6.45) is 2.29. The number of allylic oxidation sites excluding steroid dienone is 1. The molecule has 0 radical (unpaired) electrons. The fourth-order valence-electron chi connectivity index (χ4n) is 3.57. The van der Waals surface area contributed by atoms with Gasteiger partial charge in [-0.1, -0.05) is 24.3 Å². The summed E-state index contributed by atoms with van der Waals surface area (Å²) >= 11 is 0. The van der Waals surface area contributed by atoms with E-state index in [1.54, 1.807) is 6.92 Å². The van der Waals surface area contributed by atoms with Gasteiger partial charge < -0.3 is 14.1 Å². The fraction of sp³-hybridized carbons (Fsp3) is 0.421. The van der Waals surface area contributed by atoms with E-state index in [4.69, 9.17) is 9.15 Å². The SMILES string of the molecule is CC1=C(C(=O)N2Cc3ccccc3C[C@@H]2c2nnc(C)o2)CCCO1. The van der Waals surface area contributed by atoms with Gasteiger partial charge >= 0.3 is 0 Å². The lowest BCUT2D eigenvalue weighted by atomic mass is 9.92. The van der Waals surface area contributed by atoms with Crippen LogP contribution in [0.15, 0.2) is 40.0 Å². The van der Waals surface area contributed by atoms with Gasteiger partial charge in [-0.3, -0.25) is 4.79 Å². The molecule has 0 unspecified atom stereocenters. The van der Waals surface area contributed by atoms with Gasteiger partial charge in [-0.05, 0) is 30.9 Å². The van der Waals surface area contributed by atoms with E-state index in [9.17, 15) is 4.79 Å². The van der Waals surface area contributed by atoms with Crippen LogP contribution in [-0.2, 0) is 22.5 Å². The Labute approximate surface area is 146 Å². The first-order valence-corrected chi connectivity index (χ1v) is 8.64. The van der Waals surface area contributed by atoms with Crippen LogP contribution in [0.2, 0.25) is 0 Å². The predicted octanol–water partition coefficient (Wildman–Crippen LogP) is 3.09. The first-order valence-electron chi connectivity index (χ1n) is 8.64. The summed E-state index contributed by atoms with van der Waals surface area (Å²) < 4.78 is 11.3. The maximum atomic E-state index is 13.3. The summed E-state index contributed by atoms with van der Waals surface area (Å²) in [5.74, 6) is 1.75. The Morgan fingerprint density at radius 3 is 2.72 bits per heavy atom. The van der Waals surface area contributed by atoms with Crippen LogP contribution in [0, 0.1) is 6.92 Å². The first kappa shape index (κ1) is 15.9. The lowest BCUT2D eigenvalue weighted by Gasteiger charge is -2.36. The third-order valence-corrected chi connectivity index (χ3v) is 4.91. The zero-order valence-electron chi connectivity index (χ0n) is 14.5. The molecule has 0 N–H and O–H groups in total. The van der Waals surface area contributed by atoms with Crippen molar-refractivity contribution in [3.63, 3.8) is 0 Å². The zero-order chi connectivity index (χ0) is 17.4.